The molecule has 269 valence electrons. The number of hydrogen-bond donors (Lipinski definition) is 1. The van der Waals surface area contributed by atoms with Crippen molar-refractivity contribution in [2.24, 2.45) is 5.92 Å². The standard InChI is InChI=1S/C22H28NO2.C18H15P.C5H5.CO.Fe/c1-18(2)15-21(22(25)13-14-24)23(16-19-9-5-3-6-10-19)17-20-11-7-4-8-12-20;1-4-10-16(11-5-1)19(17-12-6-2-7-13-17)18-14-8-3-9-15-18;1-2-4-5-3-1;1-2;/h3-12,18,21-22,25H,13,15-17H2,1-2H3;1-15H;1-5H;;/q-1;;;;/t21-,22+;;;;/m0..../s1. The van der Waals surface area contributed by atoms with Gasteiger partial charge in [0.1, 0.15) is 0 Å². The average Bonchev–Trinajstić information content (AvgIpc) is 3.78. The summed E-state index contributed by atoms with van der Waals surface area (Å²) < 4.78 is 7.50. The third kappa shape index (κ3) is 16.4. The van der Waals surface area contributed by atoms with Crippen molar-refractivity contribution in [2.45, 2.75) is 51.9 Å². The monoisotopic (exact) mass is 749 g/mol. The molecule has 1 saturated carbocycles. The fourth-order valence-electron chi connectivity index (χ4n) is 5.68. The van der Waals surface area contributed by atoms with Gasteiger partial charge in [-0.05, 0) is 79.4 Å². The third-order valence-electron chi connectivity index (χ3n) is 7.97. The van der Waals surface area contributed by atoms with Gasteiger partial charge in [0.15, 0.2) is 0 Å². The van der Waals surface area contributed by atoms with Crippen LogP contribution < -0.4 is 15.9 Å². The number of carbonyl (C=O) groups excluding carboxylic acids is 1. The second-order valence-electron chi connectivity index (χ2n) is 12.3. The molecule has 2 atom stereocenters. The van der Waals surface area contributed by atoms with Crippen molar-refractivity contribution in [3.63, 3.8) is 0 Å². The van der Waals surface area contributed by atoms with Crippen LogP contribution in [0, 0.1) is 44.7 Å². The van der Waals surface area contributed by atoms with Crippen molar-refractivity contribution in [1.82, 2.24) is 4.90 Å². The maximum Gasteiger partial charge on any atom is 0 e. The summed E-state index contributed by atoms with van der Waals surface area (Å²) in [5, 5.41) is 14.8. The van der Waals surface area contributed by atoms with Crippen LogP contribution in [0.25, 0.3) is 0 Å². The number of aliphatic hydroxyl groups is 1. The Kier molecular flexibility index (Phi) is 23.2. The van der Waals surface area contributed by atoms with Gasteiger partial charge < -0.3 is 9.90 Å². The molecule has 6 rings (SSSR count). The summed E-state index contributed by atoms with van der Waals surface area (Å²) in [4.78, 5) is 13.1. The van der Waals surface area contributed by atoms with E-state index in [0.29, 0.717) is 5.92 Å². The zero-order chi connectivity index (χ0) is 36.5. The molecule has 0 spiro atoms. The molecule has 1 aliphatic rings. The van der Waals surface area contributed by atoms with Crippen LogP contribution in [0.5, 0.6) is 0 Å². The van der Waals surface area contributed by atoms with Gasteiger partial charge in [-0.25, -0.2) is 0 Å². The Morgan fingerprint density at radius 2 is 0.904 bits per heavy atom. The Labute approximate surface area is 324 Å². The third-order valence-corrected chi connectivity index (χ3v) is 10.4. The Balaban J connectivity index is 0.000000305. The maximum absolute atomic E-state index is 10.8. The van der Waals surface area contributed by atoms with E-state index in [1.54, 1.807) is 0 Å². The van der Waals surface area contributed by atoms with Crippen LogP contribution in [-0.4, -0.2) is 28.4 Å². The van der Waals surface area contributed by atoms with Crippen LogP contribution in [0.2, 0.25) is 0 Å². The first kappa shape index (κ1) is 44.5. The number of benzene rings is 5. The van der Waals surface area contributed by atoms with Crippen molar-refractivity contribution in [2.75, 3.05) is 0 Å². The van der Waals surface area contributed by atoms with E-state index >= 15 is 0 Å². The smallest absolute Gasteiger partial charge is 0 e. The summed E-state index contributed by atoms with van der Waals surface area (Å²) >= 11 is 0. The largest absolute Gasteiger partial charge is 0.0622 e. The zero-order valence-electron chi connectivity index (χ0n) is 29.9. The number of aliphatic hydroxyl groups excluding tert-OH is 1. The summed E-state index contributed by atoms with van der Waals surface area (Å²) in [5.41, 5.74) is 2.41. The Hall–Kier alpha value is -3.62. The molecule has 1 fully saturated rings. The molecule has 5 aromatic rings. The van der Waals surface area contributed by atoms with Gasteiger partial charge in [0.25, 0.3) is 0 Å². The van der Waals surface area contributed by atoms with Gasteiger partial charge in [0.05, 0.1) is 0 Å². The molecule has 0 heterocycles. The predicted molar refractivity (Wildman–Crippen MR) is 212 cm³/mol. The second-order valence-corrected chi connectivity index (χ2v) is 14.5. The van der Waals surface area contributed by atoms with Gasteiger partial charge in [0.2, 0.25) is 0 Å². The molecular formula is C46H48FeNO3P-. The molecule has 0 aromatic heterocycles. The zero-order valence-corrected chi connectivity index (χ0v) is 31.9. The van der Waals surface area contributed by atoms with E-state index in [9.17, 15) is 9.90 Å². The molecule has 0 amide bonds. The fourth-order valence-corrected chi connectivity index (χ4v) is 7.98. The van der Waals surface area contributed by atoms with Crippen molar-refractivity contribution in [1.29, 1.82) is 0 Å². The van der Waals surface area contributed by atoms with E-state index in [-0.39, 0.29) is 29.5 Å². The maximum atomic E-state index is 10.8. The molecule has 0 bridgehead atoms. The van der Waals surface area contributed by atoms with Crippen LogP contribution in [0.4, 0.5) is 0 Å². The first-order chi connectivity index (χ1) is 25.0. The van der Waals surface area contributed by atoms with Gasteiger partial charge in [-0.1, -0.05) is 166 Å². The van der Waals surface area contributed by atoms with E-state index in [2.05, 4.69) is 141 Å². The first-order valence-corrected chi connectivity index (χ1v) is 18.6. The molecule has 4 nitrogen and oxygen atoms in total. The summed E-state index contributed by atoms with van der Waals surface area (Å²) in [6.07, 6.45) is 12.1. The SMILES string of the molecule is CC(C)C[C@@H]([C@H](O)C[C-]=O)N(Cc1ccccc1)Cc1ccccc1.[C-]#[O+].[CH]1[CH][CH][CH][CH]1.[Fe].c1ccc(P(c2ccccc2)c2ccccc2)cc1. The van der Waals surface area contributed by atoms with Crippen molar-refractivity contribution in [3.05, 3.63) is 202 Å². The molecule has 6 heteroatoms. The number of nitrogens with zero attached hydrogens (tertiary/aromatic N) is 1. The summed E-state index contributed by atoms with van der Waals surface area (Å²) in [6, 6.07) is 52.8. The minimum atomic E-state index is -0.702. The van der Waals surface area contributed by atoms with Gasteiger partial charge in [-0.2, -0.15) is 0 Å². The molecular weight excluding hydrogens is 701 g/mol. The molecule has 1 N–H and O–H groups in total. The van der Waals surface area contributed by atoms with Crippen molar-refractivity contribution in [3.8, 4) is 0 Å². The molecule has 5 radical (unpaired) electrons. The molecule has 0 unspecified atom stereocenters. The van der Waals surface area contributed by atoms with Crippen molar-refractivity contribution < 1.29 is 31.6 Å². The van der Waals surface area contributed by atoms with E-state index in [0.717, 1.165) is 19.5 Å². The van der Waals surface area contributed by atoms with Gasteiger partial charge in [-0.3, -0.25) is 11.2 Å². The second kappa shape index (κ2) is 27.1. The minimum absolute atomic E-state index is 0. The first-order valence-electron chi connectivity index (χ1n) is 17.2. The van der Waals surface area contributed by atoms with Crippen LogP contribution in [0.3, 0.4) is 0 Å². The van der Waals surface area contributed by atoms with Gasteiger partial charge in [0, 0.05) is 42.3 Å². The Bertz CT molecular complexity index is 1460. The normalized spacial score (nSPS) is 12.8. The number of hydrogen-bond acceptors (Lipinski definition) is 3. The molecule has 0 aliphatic heterocycles. The van der Waals surface area contributed by atoms with Crippen molar-refractivity contribution >= 4 is 30.1 Å². The minimum Gasteiger partial charge on any atom is -0.0622 e. The molecule has 1 aliphatic carbocycles. The Morgan fingerprint density at radius 1 is 0.596 bits per heavy atom. The quantitative estimate of drug-likeness (QED) is 0.0570. The van der Waals surface area contributed by atoms with Crippen LogP contribution in [0.1, 0.15) is 37.8 Å². The van der Waals surface area contributed by atoms with Gasteiger partial charge >= 0.3 is 11.3 Å². The summed E-state index contributed by atoms with van der Waals surface area (Å²) in [6.45, 7) is 10.3. The van der Waals surface area contributed by atoms with Crippen LogP contribution in [0.15, 0.2) is 152 Å². The molecule has 0 saturated heterocycles. The van der Waals surface area contributed by atoms with E-state index in [1.165, 1.54) is 27.0 Å². The topological polar surface area (TPSA) is 60.4 Å². The molecule has 5 aromatic carbocycles. The van der Waals surface area contributed by atoms with E-state index in [1.807, 2.05) is 74.8 Å². The Morgan fingerprint density at radius 3 is 1.19 bits per heavy atom. The number of rotatable bonds is 13. The van der Waals surface area contributed by atoms with Gasteiger partial charge in [-0.15, -0.1) is 6.42 Å². The summed E-state index contributed by atoms with van der Waals surface area (Å²) in [5.74, 6) is 0.431. The molecule has 52 heavy (non-hydrogen) atoms. The van der Waals surface area contributed by atoms with Crippen LogP contribution >= 0.6 is 7.92 Å². The van der Waals surface area contributed by atoms with Crippen LogP contribution in [-0.2, 0) is 39.6 Å². The predicted octanol–water partition coefficient (Wildman–Crippen LogP) is 8.39. The van der Waals surface area contributed by atoms with E-state index < -0.39 is 14.0 Å². The fraction of sp³-hybridized carbons (Fsp3) is 0.196. The van der Waals surface area contributed by atoms with E-state index in [4.69, 9.17) is 4.65 Å². The average molecular weight is 750 g/mol. The summed E-state index contributed by atoms with van der Waals surface area (Å²) in [7, 11) is -0.446.